The third-order valence-corrected chi connectivity index (χ3v) is 10.1. The summed E-state index contributed by atoms with van der Waals surface area (Å²) in [6, 6.07) is 0. The van der Waals surface area contributed by atoms with Gasteiger partial charge in [0.15, 0.2) is 0 Å². The summed E-state index contributed by atoms with van der Waals surface area (Å²) >= 11 is 0. The van der Waals surface area contributed by atoms with E-state index in [1.165, 1.54) is 57.4 Å². The van der Waals surface area contributed by atoms with Gasteiger partial charge in [-0.3, -0.25) is 4.79 Å². The van der Waals surface area contributed by atoms with Gasteiger partial charge in [-0.1, -0.05) is 77.2 Å². The highest BCUT2D eigenvalue weighted by molar-refractivity contribution is 5.66. The van der Waals surface area contributed by atoms with Crippen molar-refractivity contribution in [1.29, 1.82) is 0 Å². The van der Waals surface area contributed by atoms with Crippen molar-refractivity contribution in [2.45, 2.75) is 112 Å². The number of allylic oxidation sites excluding steroid dienone is 3. The normalized spacial score (nSPS) is 41.8. The third-order valence-electron chi connectivity index (χ3n) is 10.1. The Hall–Kier alpha value is -1.12. The van der Waals surface area contributed by atoms with Gasteiger partial charge in [-0.05, 0) is 72.5 Å². The molecule has 0 unspecified atom stereocenters. The molecule has 0 aromatic heterocycles. The van der Waals surface area contributed by atoms with Gasteiger partial charge in [0.25, 0.3) is 0 Å². The summed E-state index contributed by atoms with van der Waals surface area (Å²) in [5, 5.41) is 0. The van der Waals surface area contributed by atoms with Gasteiger partial charge in [-0.15, -0.1) is 0 Å². The van der Waals surface area contributed by atoms with Crippen LogP contribution in [0.4, 0.5) is 4.39 Å². The molecular formula is C29H45FO2. The molecule has 0 aromatic carbocycles. The predicted octanol–water partition coefficient (Wildman–Crippen LogP) is 7.83. The molecule has 0 radical (unpaired) electrons. The van der Waals surface area contributed by atoms with Crippen molar-refractivity contribution in [3.05, 3.63) is 23.3 Å². The zero-order valence-electron chi connectivity index (χ0n) is 21.3. The lowest BCUT2D eigenvalue weighted by atomic mass is 9.49. The minimum Gasteiger partial charge on any atom is -0.459 e. The number of fused-ring (bicyclic) bond motifs is 5. The van der Waals surface area contributed by atoms with E-state index in [4.69, 9.17) is 4.74 Å². The van der Waals surface area contributed by atoms with Crippen molar-refractivity contribution in [2.75, 3.05) is 0 Å². The van der Waals surface area contributed by atoms with E-state index in [0.717, 1.165) is 17.8 Å². The molecule has 3 saturated carbocycles. The Morgan fingerprint density at radius 1 is 1.12 bits per heavy atom. The molecule has 0 aromatic rings. The smallest absolute Gasteiger partial charge is 0.303 e. The van der Waals surface area contributed by atoms with Gasteiger partial charge in [-0.25, -0.2) is 4.39 Å². The Morgan fingerprint density at radius 3 is 2.56 bits per heavy atom. The number of esters is 1. The van der Waals surface area contributed by atoms with Gasteiger partial charge in [0.1, 0.15) is 12.3 Å². The molecule has 4 aliphatic rings. The molecule has 3 fully saturated rings. The zero-order chi connectivity index (χ0) is 23.3. The maximum Gasteiger partial charge on any atom is 0.303 e. The first kappa shape index (κ1) is 24.0. The van der Waals surface area contributed by atoms with E-state index in [-0.39, 0.29) is 11.4 Å². The van der Waals surface area contributed by atoms with Gasteiger partial charge in [0.05, 0.1) is 0 Å². The fourth-order valence-corrected chi connectivity index (χ4v) is 8.33. The molecule has 0 spiro atoms. The van der Waals surface area contributed by atoms with Crippen LogP contribution in [0.25, 0.3) is 0 Å². The maximum absolute atomic E-state index is 15.1. The monoisotopic (exact) mass is 444 g/mol. The van der Waals surface area contributed by atoms with Crippen LogP contribution in [0.2, 0.25) is 0 Å². The zero-order valence-corrected chi connectivity index (χ0v) is 21.3. The Kier molecular flexibility index (Phi) is 6.69. The largest absolute Gasteiger partial charge is 0.459 e. The van der Waals surface area contributed by atoms with Crippen molar-refractivity contribution in [3.8, 4) is 0 Å². The predicted molar refractivity (Wildman–Crippen MR) is 129 cm³/mol. The number of halogens is 1. The molecular weight excluding hydrogens is 399 g/mol. The molecule has 0 saturated heterocycles. The highest BCUT2D eigenvalue weighted by atomic mass is 19.1. The Bertz CT molecular complexity index is 782. The molecule has 0 aliphatic heterocycles. The van der Waals surface area contributed by atoms with Gasteiger partial charge < -0.3 is 4.74 Å². The van der Waals surface area contributed by atoms with Crippen molar-refractivity contribution in [3.63, 3.8) is 0 Å². The van der Waals surface area contributed by atoms with Crippen LogP contribution in [0.1, 0.15) is 99.3 Å². The summed E-state index contributed by atoms with van der Waals surface area (Å²) < 4.78 is 20.5. The first-order valence-corrected chi connectivity index (χ1v) is 13.3. The first-order chi connectivity index (χ1) is 15.1. The molecule has 2 nitrogen and oxygen atoms in total. The minimum absolute atomic E-state index is 0.123. The average molecular weight is 445 g/mol. The van der Waals surface area contributed by atoms with E-state index >= 15 is 4.39 Å². The molecule has 180 valence electrons. The van der Waals surface area contributed by atoms with E-state index in [0.29, 0.717) is 30.1 Å². The molecule has 8 atom stereocenters. The molecule has 3 heteroatoms. The summed E-state index contributed by atoms with van der Waals surface area (Å²) in [6.45, 7) is 13.4. The number of carbonyl (C=O) groups excluding carboxylic acids is 1. The lowest BCUT2D eigenvalue weighted by Crippen LogP contribution is -2.49. The molecule has 4 rings (SSSR count). The molecule has 0 amide bonds. The summed E-state index contributed by atoms with van der Waals surface area (Å²) in [4.78, 5) is 11.5. The molecule has 4 aliphatic carbocycles. The standard InChI is InChI=1S/C29H45FO2/c1-18(2)8-7-9-19(3)23-12-13-24-22-11-10-21-16-27(32-20(4)31)26(30)17-29(21,6)25(22)14-15-28(23,24)5/h10-11,18-19,23-27H,7-9,12-17H2,1-6H3/t19-,23-,24+,25+,26-,27-,28-,29+/m1/s1. The number of alkyl halides is 1. The van der Waals surface area contributed by atoms with Crippen molar-refractivity contribution in [1.82, 2.24) is 0 Å². The summed E-state index contributed by atoms with van der Waals surface area (Å²) in [5.74, 6) is 3.13. The lowest BCUT2D eigenvalue weighted by Gasteiger charge is -2.55. The quantitative estimate of drug-likeness (QED) is 0.390. The number of hydrogen-bond acceptors (Lipinski definition) is 2. The second-order valence-corrected chi connectivity index (χ2v) is 12.5. The van der Waals surface area contributed by atoms with Gasteiger partial charge in [0.2, 0.25) is 0 Å². The minimum atomic E-state index is -1.06. The van der Waals surface area contributed by atoms with E-state index in [1.54, 1.807) is 5.57 Å². The summed E-state index contributed by atoms with van der Waals surface area (Å²) in [5.41, 5.74) is 3.18. The SMILES string of the molecule is CC(=O)O[C@@H]1CC2=CC=C3[C@@H]4CC[C@H]([C@H](C)CCCC(C)C)[C@@]4(C)CC[C@@H]3[C@@]2(C)C[C@H]1F. The highest BCUT2D eigenvalue weighted by Crippen LogP contribution is 2.66. The van der Waals surface area contributed by atoms with Crippen LogP contribution in [-0.2, 0) is 9.53 Å². The second kappa shape index (κ2) is 8.91. The van der Waals surface area contributed by atoms with Crippen LogP contribution in [-0.4, -0.2) is 18.2 Å². The maximum atomic E-state index is 15.1. The Morgan fingerprint density at radius 2 is 1.88 bits per heavy atom. The van der Waals surface area contributed by atoms with E-state index in [2.05, 4.69) is 46.8 Å². The molecule has 32 heavy (non-hydrogen) atoms. The van der Waals surface area contributed by atoms with Crippen molar-refractivity contribution in [2.24, 2.45) is 40.4 Å². The summed E-state index contributed by atoms with van der Waals surface area (Å²) in [6.07, 6.45) is 13.2. The third kappa shape index (κ3) is 4.11. The van der Waals surface area contributed by atoms with Gasteiger partial charge in [0, 0.05) is 13.3 Å². The van der Waals surface area contributed by atoms with Crippen LogP contribution >= 0.6 is 0 Å². The van der Waals surface area contributed by atoms with Gasteiger partial charge >= 0.3 is 5.97 Å². The van der Waals surface area contributed by atoms with E-state index < -0.39 is 12.3 Å². The number of ether oxygens (including phenoxy) is 1. The van der Waals surface area contributed by atoms with E-state index in [9.17, 15) is 4.79 Å². The fraction of sp³-hybridized carbons (Fsp3) is 0.828. The average Bonchev–Trinajstić information content (AvgIpc) is 3.05. The molecule has 0 heterocycles. The second-order valence-electron chi connectivity index (χ2n) is 12.5. The highest BCUT2D eigenvalue weighted by Gasteiger charge is 2.58. The van der Waals surface area contributed by atoms with Crippen LogP contribution < -0.4 is 0 Å². The van der Waals surface area contributed by atoms with Crippen LogP contribution in [0, 0.1) is 40.4 Å². The lowest BCUT2D eigenvalue weighted by molar-refractivity contribution is -0.152. The Labute approximate surface area is 195 Å². The van der Waals surface area contributed by atoms with E-state index in [1.807, 2.05) is 0 Å². The molecule has 0 bridgehead atoms. The number of rotatable bonds is 6. The van der Waals surface area contributed by atoms with Gasteiger partial charge in [-0.2, -0.15) is 0 Å². The van der Waals surface area contributed by atoms with Crippen LogP contribution in [0.3, 0.4) is 0 Å². The van der Waals surface area contributed by atoms with Crippen molar-refractivity contribution >= 4 is 5.97 Å². The Balaban J connectivity index is 1.53. The first-order valence-electron chi connectivity index (χ1n) is 13.3. The number of hydrogen-bond donors (Lipinski definition) is 0. The van der Waals surface area contributed by atoms with Crippen molar-refractivity contribution < 1.29 is 13.9 Å². The topological polar surface area (TPSA) is 26.3 Å². The fourth-order valence-electron chi connectivity index (χ4n) is 8.33. The van der Waals surface area contributed by atoms with Crippen LogP contribution in [0.5, 0.6) is 0 Å². The number of carbonyl (C=O) groups is 1. The molecule has 0 N–H and O–H groups in total. The van der Waals surface area contributed by atoms with Crippen LogP contribution in [0.15, 0.2) is 23.3 Å². The summed E-state index contributed by atoms with van der Waals surface area (Å²) in [7, 11) is 0.